The molecule has 0 saturated heterocycles. The minimum atomic E-state index is -1.21. The second-order valence-electron chi connectivity index (χ2n) is 3.34. The Balaban J connectivity index is 2.80. The van der Waals surface area contributed by atoms with Crippen molar-refractivity contribution in [3.8, 4) is 0 Å². The monoisotopic (exact) mass is 292 g/mol. The van der Waals surface area contributed by atoms with Gasteiger partial charge >= 0.3 is 0 Å². The van der Waals surface area contributed by atoms with Crippen molar-refractivity contribution in [2.75, 3.05) is 18.1 Å². The molecule has 6 heteroatoms. The summed E-state index contributed by atoms with van der Waals surface area (Å²) in [4.78, 5) is 4.43. The van der Waals surface area contributed by atoms with Crippen LogP contribution in [-0.2, 0) is 11.2 Å². The average Bonchev–Trinajstić information content (AvgIpc) is 2.21. The summed E-state index contributed by atoms with van der Waals surface area (Å²) in [5, 5.41) is 8.86. The van der Waals surface area contributed by atoms with Crippen LogP contribution in [0, 0.1) is 5.92 Å². The Bertz CT molecular complexity index is 338. The van der Waals surface area contributed by atoms with Crippen LogP contribution in [0.2, 0.25) is 0 Å². The van der Waals surface area contributed by atoms with Crippen molar-refractivity contribution in [3.05, 3.63) is 16.7 Å². The Hall–Kier alpha value is -0.300. The van der Waals surface area contributed by atoms with Crippen molar-refractivity contribution in [1.29, 1.82) is 0 Å². The van der Waals surface area contributed by atoms with Crippen LogP contribution in [0.15, 0.2) is 21.6 Å². The molecule has 2 atom stereocenters. The van der Waals surface area contributed by atoms with Gasteiger partial charge in [0.15, 0.2) is 10.7 Å². The minimum Gasteiger partial charge on any atom is -0.611 e. The number of nitrogen functional groups attached to an aromatic ring is 1. The number of hydrogen-bond donors (Lipinski definition) is 2. The summed E-state index contributed by atoms with van der Waals surface area (Å²) in [5.41, 5.74) is 5.62. The third-order valence-electron chi connectivity index (χ3n) is 1.84. The summed E-state index contributed by atoms with van der Waals surface area (Å²) in [7, 11) is 0. The lowest BCUT2D eigenvalue weighted by atomic mass is 10.2. The molecule has 0 bridgehead atoms. The van der Waals surface area contributed by atoms with Crippen LogP contribution in [0.4, 0.5) is 5.82 Å². The summed E-state index contributed by atoms with van der Waals surface area (Å²) in [5.74, 6) is 0.657. The van der Waals surface area contributed by atoms with E-state index in [4.69, 9.17) is 10.8 Å². The maximum Gasteiger partial charge on any atom is 0.195 e. The number of aliphatic hydroxyl groups is 1. The average molecular weight is 293 g/mol. The standard InChI is InChI=1S/C9H13BrN2O2S/c1-6(4-13)5-15(14)8-2-7(10)3-12-9(8)11/h2-3,6,13H,4-5H2,1H3,(H2,11,12)/t6-,15?/m0/s1. The fourth-order valence-corrected chi connectivity index (χ4v) is 2.84. The van der Waals surface area contributed by atoms with Crippen molar-refractivity contribution < 1.29 is 9.66 Å². The van der Waals surface area contributed by atoms with Gasteiger partial charge in [0.2, 0.25) is 0 Å². The summed E-state index contributed by atoms with van der Waals surface area (Å²) < 4.78 is 12.6. The molecule has 0 aromatic carbocycles. The van der Waals surface area contributed by atoms with Crippen LogP contribution in [0.1, 0.15) is 6.92 Å². The summed E-state index contributed by atoms with van der Waals surface area (Å²) in [6, 6.07) is 1.70. The van der Waals surface area contributed by atoms with E-state index in [1.807, 2.05) is 6.92 Å². The van der Waals surface area contributed by atoms with Gasteiger partial charge < -0.3 is 15.4 Å². The molecule has 1 aromatic heterocycles. The Kier molecular flexibility index (Phi) is 4.85. The maximum absolute atomic E-state index is 11.8. The molecule has 1 heterocycles. The number of halogens is 1. The highest BCUT2D eigenvalue weighted by molar-refractivity contribution is 9.10. The van der Waals surface area contributed by atoms with Crippen molar-refractivity contribution >= 4 is 32.9 Å². The largest absolute Gasteiger partial charge is 0.611 e. The Morgan fingerprint density at radius 3 is 3.00 bits per heavy atom. The summed E-state index contributed by atoms with van der Waals surface area (Å²) >= 11 is 2.03. The Labute approximate surface area is 100 Å². The van der Waals surface area contributed by atoms with E-state index in [1.165, 1.54) is 0 Å². The van der Waals surface area contributed by atoms with Crippen LogP contribution in [0.5, 0.6) is 0 Å². The third-order valence-corrected chi connectivity index (χ3v) is 3.96. The number of aromatic nitrogens is 1. The van der Waals surface area contributed by atoms with Gasteiger partial charge in [0, 0.05) is 22.7 Å². The fraction of sp³-hybridized carbons (Fsp3) is 0.444. The molecule has 84 valence electrons. The summed E-state index contributed by atoms with van der Waals surface area (Å²) in [6.45, 7) is 1.85. The van der Waals surface area contributed by atoms with Gasteiger partial charge in [-0.15, -0.1) is 0 Å². The van der Waals surface area contributed by atoms with Gasteiger partial charge in [-0.25, -0.2) is 4.98 Å². The minimum absolute atomic E-state index is 0.00999. The molecular weight excluding hydrogens is 280 g/mol. The molecule has 0 fully saturated rings. The first-order valence-electron chi connectivity index (χ1n) is 4.45. The van der Waals surface area contributed by atoms with E-state index in [0.717, 1.165) is 4.47 Å². The number of aliphatic hydroxyl groups excluding tert-OH is 1. The van der Waals surface area contributed by atoms with Crippen molar-refractivity contribution in [2.24, 2.45) is 5.92 Å². The molecule has 0 amide bonds. The Morgan fingerprint density at radius 1 is 1.73 bits per heavy atom. The number of nitrogens with zero attached hydrogens (tertiary/aromatic N) is 1. The quantitative estimate of drug-likeness (QED) is 0.816. The first-order valence-corrected chi connectivity index (χ1v) is 6.56. The van der Waals surface area contributed by atoms with Gasteiger partial charge in [-0.3, -0.25) is 0 Å². The van der Waals surface area contributed by atoms with Crippen molar-refractivity contribution in [2.45, 2.75) is 11.8 Å². The second kappa shape index (κ2) is 5.69. The second-order valence-corrected chi connectivity index (χ2v) is 5.72. The van der Waals surface area contributed by atoms with E-state index in [9.17, 15) is 4.55 Å². The molecule has 1 rings (SSSR count). The van der Waals surface area contributed by atoms with Crippen LogP contribution in [0.25, 0.3) is 0 Å². The number of nitrogens with two attached hydrogens (primary N) is 1. The SMILES string of the molecule is C[C@@H](CO)C[S+]([O-])c1cc(Br)cnc1N. The molecule has 0 aliphatic carbocycles. The van der Waals surface area contributed by atoms with Crippen LogP contribution >= 0.6 is 15.9 Å². The molecule has 4 nitrogen and oxygen atoms in total. The smallest absolute Gasteiger partial charge is 0.195 e. The lowest BCUT2D eigenvalue weighted by Crippen LogP contribution is -2.18. The number of rotatable bonds is 4. The highest BCUT2D eigenvalue weighted by Crippen LogP contribution is 2.22. The molecule has 0 aliphatic heterocycles. The topological polar surface area (TPSA) is 82.2 Å². The van der Waals surface area contributed by atoms with Gasteiger partial charge in [0.05, 0.1) is 6.61 Å². The fourth-order valence-electron chi connectivity index (χ4n) is 1.01. The molecule has 0 aliphatic rings. The molecule has 1 aromatic rings. The first kappa shape index (κ1) is 12.8. The summed E-state index contributed by atoms with van der Waals surface area (Å²) in [6.07, 6.45) is 1.56. The normalized spacial score (nSPS) is 14.9. The third kappa shape index (κ3) is 3.64. The highest BCUT2D eigenvalue weighted by atomic mass is 79.9. The van der Waals surface area contributed by atoms with E-state index in [2.05, 4.69) is 20.9 Å². The number of anilines is 1. The van der Waals surface area contributed by atoms with Crippen LogP contribution < -0.4 is 5.73 Å². The van der Waals surface area contributed by atoms with Gasteiger partial charge in [-0.05, 0) is 27.1 Å². The predicted molar refractivity (Wildman–Crippen MR) is 63.9 cm³/mol. The van der Waals surface area contributed by atoms with Gasteiger partial charge in [0.1, 0.15) is 5.75 Å². The van der Waals surface area contributed by atoms with Gasteiger partial charge in [0.25, 0.3) is 0 Å². The van der Waals surface area contributed by atoms with Gasteiger partial charge in [-0.1, -0.05) is 6.92 Å². The van der Waals surface area contributed by atoms with E-state index >= 15 is 0 Å². The molecular formula is C9H13BrN2O2S. The number of hydrogen-bond acceptors (Lipinski definition) is 4. The molecule has 1 unspecified atom stereocenters. The predicted octanol–water partition coefficient (Wildman–Crippen LogP) is 1.16. The van der Waals surface area contributed by atoms with Crippen molar-refractivity contribution in [3.63, 3.8) is 0 Å². The molecule has 0 radical (unpaired) electrons. The maximum atomic E-state index is 11.8. The molecule has 0 saturated carbocycles. The lowest BCUT2D eigenvalue weighted by Gasteiger charge is -2.14. The van der Waals surface area contributed by atoms with Crippen LogP contribution in [-0.4, -0.2) is 27.0 Å². The van der Waals surface area contributed by atoms with E-state index in [0.29, 0.717) is 10.6 Å². The first-order chi connectivity index (χ1) is 7.04. The zero-order chi connectivity index (χ0) is 11.4. The van der Waals surface area contributed by atoms with Crippen molar-refractivity contribution in [1.82, 2.24) is 4.98 Å². The van der Waals surface area contributed by atoms with E-state index < -0.39 is 11.2 Å². The van der Waals surface area contributed by atoms with E-state index in [1.54, 1.807) is 12.3 Å². The van der Waals surface area contributed by atoms with E-state index in [-0.39, 0.29) is 18.3 Å². The Morgan fingerprint density at radius 2 is 2.40 bits per heavy atom. The van der Waals surface area contributed by atoms with Gasteiger partial charge in [-0.2, -0.15) is 0 Å². The van der Waals surface area contributed by atoms with Crippen LogP contribution in [0.3, 0.4) is 0 Å². The molecule has 0 spiro atoms. The number of pyridine rings is 1. The molecule has 15 heavy (non-hydrogen) atoms. The zero-order valence-electron chi connectivity index (χ0n) is 8.31. The zero-order valence-corrected chi connectivity index (χ0v) is 10.7. The molecule has 3 N–H and O–H groups in total. The lowest BCUT2D eigenvalue weighted by molar-refractivity contribution is 0.249. The highest BCUT2D eigenvalue weighted by Gasteiger charge is 2.19.